The third kappa shape index (κ3) is 6.94. The molecule has 8 heteroatoms. The highest BCUT2D eigenvalue weighted by Crippen LogP contribution is 2.38. The first-order valence-corrected chi connectivity index (χ1v) is 13.4. The summed E-state index contributed by atoms with van der Waals surface area (Å²) >= 11 is 0. The fourth-order valence-corrected chi connectivity index (χ4v) is 5.41. The van der Waals surface area contributed by atoms with E-state index in [4.69, 9.17) is 4.74 Å². The molecular formula is C29H39N3O5. The van der Waals surface area contributed by atoms with Gasteiger partial charge in [-0.3, -0.25) is 19.5 Å². The second kappa shape index (κ2) is 12.6. The van der Waals surface area contributed by atoms with Gasteiger partial charge < -0.3 is 19.8 Å². The van der Waals surface area contributed by atoms with Crippen LogP contribution in [0.15, 0.2) is 48.8 Å². The summed E-state index contributed by atoms with van der Waals surface area (Å²) in [5.41, 5.74) is 2.14. The molecule has 2 atom stereocenters. The Balaban J connectivity index is 1.44. The molecule has 0 aliphatic carbocycles. The number of amides is 1. The van der Waals surface area contributed by atoms with Crippen molar-refractivity contribution in [2.24, 2.45) is 5.41 Å². The lowest BCUT2D eigenvalue weighted by Gasteiger charge is -2.40. The van der Waals surface area contributed by atoms with E-state index in [0.29, 0.717) is 37.9 Å². The predicted octanol–water partition coefficient (Wildman–Crippen LogP) is 2.95. The number of aliphatic hydroxyl groups is 2. The number of hydrogen-bond donors (Lipinski definition) is 2. The number of pyridine rings is 1. The molecular weight excluding hydrogens is 470 g/mol. The van der Waals surface area contributed by atoms with E-state index in [2.05, 4.69) is 9.88 Å². The van der Waals surface area contributed by atoms with Crippen molar-refractivity contribution in [3.8, 4) is 0 Å². The number of benzene rings is 1. The van der Waals surface area contributed by atoms with Crippen LogP contribution in [0, 0.1) is 12.3 Å². The first-order chi connectivity index (χ1) is 17.9. The largest absolute Gasteiger partial charge is 0.462 e. The van der Waals surface area contributed by atoms with Crippen LogP contribution in [0.1, 0.15) is 60.0 Å². The second-order valence-corrected chi connectivity index (χ2v) is 10.5. The monoisotopic (exact) mass is 509 g/mol. The van der Waals surface area contributed by atoms with Gasteiger partial charge in [0.1, 0.15) is 12.7 Å². The average Bonchev–Trinajstić information content (AvgIpc) is 2.92. The topological polar surface area (TPSA) is 103 Å². The van der Waals surface area contributed by atoms with Crippen molar-refractivity contribution in [2.75, 3.05) is 32.8 Å². The Kier molecular flexibility index (Phi) is 9.29. The van der Waals surface area contributed by atoms with Crippen LogP contribution in [0.3, 0.4) is 0 Å². The Labute approximate surface area is 219 Å². The maximum atomic E-state index is 13.3. The van der Waals surface area contributed by atoms with Gasteiger partial charge in [0, 0.05) is 37.6 Å². The Morgan fingerprint density at radius 3 is 2.46 bits per heavy atom. The maximum Gasteiger partial charge on any atom is 0.312 e. The number of piperidine rings is 1. The molecule has 0 unspecified atom stereocenters. The summed E-state index contributed by atoms with van der Waals surface area (Å²) in [7, 11) is 0. The van der Waals surface area contributed by atoms with E-state index in [1.54, 1.807) is 17.3 Å². The molecule has 2 saturated heterocycles. The first kappa shape index (κ1) is 27.2. The summed E-state index contributed by atoms with van der Waals surface area (Å²) in [6.45, 7) is 4.91. The molecule has 200 valence electrons. The van der Waals surface area contributed by atoms with E-state index in [0.717, 1.165) is 38.0 Å². The first-order valence-electron chi connectivity index (χ1n) is 13.4. The molecule has 2 aliphatic heterocycles. The number of hydrogen-bond acceptors (Lipinski definition) is 7. The normalized spacial score (nSPS) is 24.0. The van der Waals surface area contributed by atoms with Crippen molar-refractivity contribution in [1.82, 2.24) is 14.8 Å². The highest BCUT2D eigenvalue weighted by molar-refractivity contribution is 5.95. The van der Waals surface area contributed by atoms with Gasteiger partial charge in [-0.2, -0.15) is 0 Å². The number of ether oxygens (including phenoxy) is 1. The standard InChI is InChI=1S/C29H39N3O5/c1-22-6-2-3-7-24(22)27(35)32-16-5-4-11-29(28(36)37-21-26(34)25(33)10-17-32)12-18-31(19-13-29)20-23-8-14-30-15-9-23/h2-3,6-9,14-15,25-26,33-34H,4-5,10-13,16-21H2,1H3/t25-,26+/m0/s1. The fourth-order valence-electron chi connectivity index (χ4n) is 5.41. The highest BCUT2D eigenvalue weighted by atomic mass is 16.5. The lowest BCUT2D eigenvalue weighted by molar-refractivity contribution is -0.165. The lowest BCUT2D eigenvalue weighted by atomic mass is 9.74. The molecule has 1 aromatic carbocycles. The summed E-state index contributed by atoms with van der Waals surface area (Å²) in [5, 5.41) is 21.0. The fraction of sp³-hybridized carbons (Fsp3) is 0.552. The number of cyclic esters (lactones) is 1. The van der Waals surface area contributed by atoms with E-state index < -0.39 is 17.6 Å². The smallest absolute Gasteiger partial charge is 0.312 e. The van der Waals surface area contributed by atoms with Gasteiger partial charge in [-0.1, -0.05) is 24.6 Å². The zero-order chi connectivity index (χ0) is 26.3. The van der Waals surface area contributed by atoms with Crippen LogP contribution in [-0.4, -0.2) is 81.9 Å². The SMILES string of the molecule is Cc1ccccc1C(=O)N1CCCCC2(CCN(Cc3ccncc3)CC2)C(=O)OC[C@@H](O)[C@@H](O)CC1. The molecule has 2 aliphatic rings. The highest BCUT2D eigenvalue weighted by Gasteiger charge is 2.42. The van der Waals surface area contributed by atoms with Gasteiger partial charge in [-0.15, -0.1) is 0 Å². The summed E-state index contributed by atoms with van der Waals surface area (Å²) < 4.78 is 5.59. The van der Waals surface area contributed by atoms with E-state index in [9.17, 15) is 19.8 Å². The number of esters is 1. The van der Waals surface area contributed by atoms with Gasteiger partial charge >= 0.3 is 5.97 Å². The summed E-state index contributed by atoms with van der Waals surface area (Å²) in [5.74, 6) is -0.351. The Hall–Kier alpha value is -2.81. The number of carbonyl (C=O) groups is 2. The van der Waals surface area contributed by atoms with E-state index in [-0.39, 0.29) is 24.9 Å². The third-order valence-corrected chi connectivity index (χ3v) is 7.92. The Morgan fingerprint density at radius 1 is 1.00 bits per heavy atom. The molecule has 3 heterocycles. The van der Waals surface area contributed by atoms with Crippen LogP contribution in [0.25, 0.3) is 0 Å². The van der Waals surface area contributed by atoms with Gasteiger partial charge in [0.15, 0.2) is 0 Å². The number of rotatable bonds is 3. The van der Waals surface area contributed by atoms with Gasteiger partial charge in [0.2, 0.25) is 0 Å². The molecule has 8 nitrogen and oxygen atoms in total. The number of aromatic nitrogens is 1. The maximum absolute atomic E-state index is 13.3. The van der Waals surface area contributed by atoms with Crippen LogP contribution in [-0.2, 0) is 16.1 Å². The van der Waals surface area contributed by atoms with Crippen molar-refractivity contribution in [1.29, 1.82) is 0 Å². The molecule has 0 bridgehead atoms. The van der Waals surface area contributed by atoms with Gasteiger partial charge in [-0.05, 0) is 81.4 Å². The molecule has 0 saturated carbocycles. The van der Waals surface area contributed by atoms with Gasteiger partial charge in [-0.25, -0.2) is 0 Å². The quantitative estimate of drug-likeness (QED) is 0.613. The van der Waals surface area contributed by atoms with Crippen LogP contribution < -0.4 is 0 Å². The van der Waals surface area contributed by atoms with Crippen molar-refractivity contribution >= 4 is 11.9 Å². The van der Waals surface area contributed by atoms with E-state index in [1.807, 2.05) is 43.3 Å². The van der Waals surface area contributed by atoms with Crippen LogP contribution >= 0.6 is 0 Å². The molecule has 1 spiro atoms. The van der Waals surface area contributed by atoms with Crippen LogP contribution in [0.2, 0.25) is 0 Å². The predicted molar refractivity (Wildman–Crippen MR) is 140 cm³/mol. The minimum Gasteiger partial charge on any atom is -0.462 e. The molecule has 1 amide bonds. The number of aliphatic hydroxyl groups excluding tert-OH is 2. The summed E-state index contributed by atoms with van der Waals surface area (Å²) in [6.07, 6.45) is 5.12. The minimum absolute atomic E-state index is 0.0684. The molecule has 2 N–H and O–H groups in total. The number of aryl methyl sites for hydroxylation is 1. The summed E-state index contributed by atoms with van der Waals surface area (Å²) in [6, 6.07) is 11.5. The van der Waals surface area contributed by atoms with Crippen LogP contribution in [0.4, 0.5) is 0 Å². The van der Waals surface area contributed by atoms with Crippen LogP contribution in [0.5, 0.6) is 0 Å². The van der Waals surface area contributed by atoms with Crippen molar-refractivity contribution in [2.45, 2.75) is 64.2 Å². The Bertz CT molecular complexity index is 1040. The minimum atomic E-state index is -1.19. The Morgan fingerprint density at radius 2 is 1.73 bits per heavy atom. The van der Waals surface area contributed by atoms with Gasteiger partial charge in [0.05, 0.1) is 11.5 Å². The molecule has 1 aromatic heterocycles. The number of carbonyl (C=O) groups excluding carboxylic acids is 2. The zero-order valence-electron chi connectivity index (χ0n) is 21.7. The zero-order valence-corrected chi connectivity index (χ0v) is 21.7. The second-order valence-electron chi connectivity index (χ2n) is 10.5. The average molecular weight is 510 g/mol. The molecule has 2 aromatic rings. The van der Waals surface area contributed by atoms with E-state index >= 15 is 0 Å². The van der Waals surface area contributed by atoms with Crippen molar-refractivity contribution in [3.05, 3.63) is 65.5 Å². The number of likely N-dealkylation sites (tertiary alicyclic amines) is 1. The van der Waals surface area contributed by atoms with Crippen molar-refractivity contribution in [3.63, 3.8) is 0 Å². The molecule has 2 fully saturated rings. The van der Waals surface area contributed by atoms with Gasteiger partial charge in [0.25, 0.3) is 5.91 Å². The third-order valence-electron chi connectivity index (χ3n) is 7.92. The molecule has 4 rings (SSSR count). The lowest BCUT2D eigenvalue weighted by Crippen LogP contribution is -2.45. The van der Waals surface area contributed by atoms with Crippen molar-refractivity contribution < 1.29 is 24.5 Å². The number of nitrogens with zero attached hydrogens (tertiary/aromatic N) is 3. The summed E-state index contributed by atoms with van der Waals surface area (Å²) in [4.78, 5) is 34.8. The molecule has 37 heavy (non-hydrogen) atoms. The molecule has 0 radical (unpaired) electrons. The van der Waals surface area contributed by atoms with E-state index in [1.165, 1.54) is 5.56 Å².